The molecule has 6 unspecified atom stereocenters. The topological polar surface area (TPSA) is 210 Å². The number of hydrogen-bond acceptors (Lipinski definition) is 12. The standard InChI is InChI=1S/C45H81O13P/c1-3-5-7-9-11-13-15-17-18-19-20-22-24-26-28-30-32-34-39(47)57-37(36-56-59(53,54)58-45-43(51)41(49)40(48)42(50)44(45)52)35-55-38(46)33-31-29-27-25-23-21-16-14-12-10-8-6-4-2/h11,13,17-18,20,22,37,40-45,48-52H,3-10,12,14-16,19,21,23-36H2,1-2H3,(H,53,54)/b13-11-,18-17-,22-20-/t37-,40?,41-,42?,43?,44?,45?/m1/s1. The second kappa shape index (κ2) is 35.6. The normalized spacial score (nSPS) is 22.6. The van der Waals surface area contributed by atoms with Crippen LogP contribution in [-0.2, 0) is 32.7 Å². The van der Waals surface area contributed by atoms with Crippen LogP contribution in [0.3, 0.4) is 0 Å². The first-order chi connectivity index (χ1) is 28.4. The van der Waals surface area contributed by atoms with Gasteiger partial charge in [-0.3, -0.25) is 18.6 Å². The van der Waals surface area contributed by atoms with Gasteiger partial charge in [-0.1, -0.05) is 153 Å². The lowest BCUT2D eigenvalue weighted by Crippen LogP contribution is -2.64. The van der Waals surface area contributed by atoms with Crippen LogP contribution in [0.5, 0.6) is 0 Å². The number of unbranched alkanes of at least 4 members (excludes halogenated alkanes) is 19. The van der Waals surface area contributed by atoms with Crippen molar-refractivity contribution in [1.82, 2.24) is 0 Å². The van der Waals surface area contributed by atoms with Gasteiger partial charge in [0.2, 0.25) is 0 Å². The summed E-state index contributed by atoms with van der Waals surface area (Å²) in [4.78, 5) is 35.6. The van der Waals surface area contributed by atoms with Crippen molar-refractivity contribution in [3.63, 3.8) is 0 Å². The van der Waals surface area contributed by atoms with Crippen LogP contribution < -0.4 is 0 Å². The number of allylic oxidation sites excluding steroid dienone is 6. The number of esters is 2. The van der Waals surface area contributed by atoms with Gasteiger partial charge >= 0.3 is 19.8 Å². The molecule has 1 aliphatic rings. The van der Waals surface area contributed by atoms with E-state index in [-0.39, 0.29) is 12.8 Å². The zero-order valence-electron chi connectivity index (χ0n) is 36.3. The van der Waals surface area contributed by atoms with Crippen LogP contribution in [0.4, 0.5) is 0 Å². The lowest BCUT2D eigenvalue weighted by molar-refractivity contribution is -0.220. The Labute approximate surface area is 355 Å². The molecule has 1 fully saturated rings. The van der Waals surface area contributed by atoms with Gasteiger partial charge in [-0.2, -0.15) is 0 Å². The summed E-state index contributed by atoms with van der Waals surface area (Å²) in [6, 6.07) is 0. The fourth-order valence-corrected chi connectivity index (χ4v) is 7.74. The van der Waals surface area contributed by atoms with E-state index in [1.54, 1.807) is 0 Å². The number of phosphoric acid groups is 1. The van der Waals surface area contributed by atoms with E-state index in [1.165, 1.54) is 77.0 Å². The van der Waals surface area contributed by atoms with Crippen molar-refractivity contribution < 1.29 is 63.1 Å². The van der Waals surface area contributed by atoms with E-state index < -0.39 is 75.7 Å². The van der Waals surface area contributed by atoms with E-state index >= 15 is 0 Å². The summed E-state index contributed by atoms with van der Waals surface area (Å²) in [6.07, 6.45) is 26.2. The van der Waals surface area contributed by atoms with Crippen LogP contribution in [0.2, 0.25) is 0 Å². The number of aliphatic hydroxyl groups excluding tert-OH is 5. The highest BCUT2D eigenvalue weighted by Gasteiger charge is 2.51. The summed E-state index contributed by atoms with van der Waals surface area (Å²) < 4.78 is 33.5. The van der Waals surface area contributed by atoms with Crippen molar-refractivity contribution >= 4 is 19.8 Å². The van der Waals surface area contributed by atoms with Crippen LogP contribution in [0.25, 0.3) is 0 Å². The van der Waals surface area contributed by atoms with Gasteiger partial charge in [0.05, 0.1) is 6.61 Å². The van der Waals surface area contributed by atoms with Gasteiger partial charge in [-0.05, 0) is 51.4 Å². The Morgan fingerprint density at radius 3 is 1.42 bits per heavy atom. The third-order valence-corrected chi connectivity index (χ3v) is 11.5. The van der Waals surface area contributed by atoms with Gasteiger partial charge in [0.25, 0.3) is 0 Å². The van der Waals surface area contributed by atoms with Gasteiger partial charge in [0, 0.05) is 12.8 Å². The van der Waals surface area contributed by atoms with Crippen molar-refractivity contribution in [1.29, 1.82) is 0 Å². The molecule has 0 aromatic carbocycles. The summed E-state index contributed by atoms with van der Waals surface area (Å²) in [5, 5.41) is 50.1. The van der Waals surface area contributed by atoms with E-state index in [0.717, 1.165) is 64.2 Å². The lowest BCUT2D eigenvalue weighted by Gasteiger charge is -2.41. The summed E-state index contributed by atoms with van der Waals surface area (Å²) in [5.74, 6) is -1.12. The third kappa shape index (κ3) is 28.3. The minimum atomic E-state index is -5.12. The first kappa shape index (κ1) is 55.1. The van der Waals surface area contributed by atoms with Gasteiger partial charge in [-0.15, -0.1) is 0 Å². The number of hydrogen-bond donors (Lipinski definition) is 6. The van der Waals surface area contributed by atoms with Crippen LogP contribution in [0.15, 0.2) is 36.5 Å². The Hall–Kier alpha value is -1.93. The first-order valence-corrected chi connectivity index (χ1v) is 24.3. The summed E-state index contributed by atoms with van der Waals surface area (Å²) in [7, 11) is -5.12. The molecule has 1 saturated carbocycles. The second-order valence-corrected chi connectivity index (χ2v) is 17.3. The molecule has 13 nitrogen and oxygen atoms in total. The molecular formula is C45H81O13P. The number of rotatable bonds is 37. The number of phosphoric ester groups is 1. The monoisotopic (exact) mass is 861 g/mol. The Kier molecular flexibility index (Phi) is 33.3. The van der Waals surface area contributed by atoms with Gasteiger partial charge in [-0.25, -0.2) is 4.57 Å². The zero-order chi connectivity index (χ0) is 43.6. The molecule has 0 saturated heterocycles. The van der Waals surface area contributed by atoms with E-state index in [1.807, 2.05) is 0 Å². The predicted molar refractivity (Wildman–Crippen MR) is 230 cm³/mol. The van der Waals surface area contributed by atoms with Crippen LogP contribution in [0, 0.1) is 0 Å². The average Bonchev–Trinajstić information content (AvgIpc) is 3.21. The minimum absolute atomic E-state index is 0.0724. The molecule has 1 aliphatic carbocycles. The Bertz CT molecular complexity index is 1180. The maximum atomic E-state index is 12.8. The van der Waals surface area contributed by atoms with Gasteiger partial charge < -0.3 is 39.9 Å². The molecule has 0 heterocycles. The van der Waals surface area contributed by atoms with Crippen LogP contribution >= 0.6 is 7.82 Å². The fourth-order valence-electron chi connectivity index (χ4n) is 6.76. The summed E-state index contributed by atoms with van der Waals surface area (Å²) in [6.45, 7) is 3.25. The van der Waals surface area contributed by atoms with Gasteiger partial charge in [0.15, 0.2) is 6.10 Å². The van der Waals surface area contributed by atoms with Crippen molar-refractivity contribution in [2.75, 3.05) is 13.2 Å². The van der Waals surface area contributed by atoms with Crippen molar-refractivity contribution in [2.45, 2.75) is 224 Å². The SMILES string of the molecule is CCCCC/C=C\C/C=C\C/C=C\CCCCCCC(=O)O[C@H](COC(=O)CCCCCCCCCCCCCCC)COP(=O)(O)OC1C(O)C(O)C(O)[C@@H](O)C1O. The highest BCUT2D eigenvalue weighted by molar-refractivity contribution is 7.47. The molecule has 1 rings (SSSR count). The predicted octanol–water partition coefficient (Wildman–Crippen LogP) is 8.61. The average molecular weight is 861 g/mol. The van der Waals surface area contributed by atoms with Crippen molar-refractivity contribution in [2.24, 2.45) is 0 Å². The first-order valence-electron chi connectivity index (χ1n) is 22.8. The molecule has 6 N–H and O–H groups in total. The minimum Gasteiger partial charge on any atom is -0.462 e. The Morgan fingerprint density at radius 1 is 0.525 bits per heavy atom. The molecule has 8 atom stereocenters. The van der Waals surface area contributed by atoms with Crippen molar-refractivity contribution in [3.8, 4) is 0 Å². The zero-order valence-corrected chi connectivity index (χ0v) is 37.2. The maximum absolute atomic E-state index is 12.8. The molecule has 0 aromatic heterocycles. The fraction of sp³-hybridized carbons (Fsp3) is 0.822. The smallest absolute Gasteiger partial charge is 0.462 e. The quantitative estimate of drug-likeness (QED) is 0.0150. The molecule has 59 heavy (non-hydrogen) atoms. The molecule has 14 heteroatoms. The van der Waals surface area contributed by atoms with Crippen molar-refractivity contribution in [3.05, 3.63) is 36.5 Å². The highest BCUT2D eigenvalue weighted by Crippen LogP contribution is 2.47. The van der Waals surface area contributed by atoms with E-state index in [4.69, 9.17) is 18.5 Å². The van der Waals surface area contributed by atoms with E-state index in [9.17, 15) is 44.6 Å². The lowest BCUT2D eigenvalue weighted by atomic mass is 9.85. The summed E-state index contributed by atoms with van der Waals surface area (Å²) >= 11 is 0. The third-order valence-electron chi connectivity index (χ3n) is 10.5. The number of ether oxygens (including phenoxy) is 2. The molecule has 0 spiro atoms. The largest absolute Gasteiger partial charge is 0.472 e. The van der Waals surface area contributed by atoms with E-state index in [0.29, 0.717) is 12.8 Å². The van der Waals surface area contributed by atoms with Crippen LogP contribution in [-0.4, -0.2) is 98.3 Å². The molecule has 0 aliphatic heterocycles. The Morgan fingerprint density at radius 2 is 0.915 bits per heavy atom. The number of aliphatic hydroxyl groups is 5. The highest BCUT2D eigenvalue weighted by atomic mass is 31.2. The number of carbonyl (C=O) groups is 2. The molecule has 0 radical (unpaired) electrons. The number of carbonyl (C=O) groups excluding carboxylic acids is 2. The van der Waals surface area contributed by atoms with Crippen LogP contribution in [0.1, 0.15) is 181 Å². The summed E-state index contributed by atoms with van der Waals surface area (Å²) in [5.41, 5.74) is 0. The molecule has 344 valence electrons. The molecule has 0 amide bonds. The Balaban J connectivity index is 2.49. The van der Waals surface area contributed by atoms with Gasteiger partial charge in [0.1, 0.15) is 43.2 Å². The molecule has 0 aromatic rings. The maximum Gasteiger partial charge on any atom is 0.472 e. The molecular weight excluding hydrogens is 779 g/mol. The molecule has 0 bridgehead atoms. The second-order valence-electron chi connectivity index (χ2n) is 15.9. The van der Waals surface area contributed by atoms with E-state index in [2.05, 4.69) is 50.3 Å².